The number of rotatable bonds is 2. The Bertz CT molecular complexity index is 789. The van der Waals surface area contributed by atoms with E-state index in [9.17, 15) is 24.3 Å². The third-order valence-electron chi connectivity index (χ3n) is 6.30. The summed E-state index contributed by atoms with van der Waals surface area (Å²) in [6.07, 6.45) is 8.43. The smallest absolute Gasteiger partial charge is 0.408 e. The standard InChI is InChI=1S/C23H35N3O6/c1-22(2,3)32-21(31)24-16-11-8-6-4-5-7-10-15-14-23(15,20(29)30)25-18(27)17-12-9-13-26(17)19(16)28/h7,10,15-17H,4-6,8-9,11-14H2,1-3H3,(H,24,31)(H,25,27)(H,29,30)/b10-7-/t15-,16?,17+,23-/m1/s1. The number of alkyl carbamates (subject to hydrolysis) is 1. The van der Waals surface area contributed by atoms with Crippen molar-refractivity contribution in [3.8, 4) is 0 Å². The van der Waals surface area contributed by atoms with Gasteiger partial charge in [0.05, 0.1) is 0 Å². The maximum absolute atomic E-state index is 13.4. The number of allylic oxidation sites excluding steroid dienone is 1. The van der Waals surface area contributed by atoms with Crippen molar-refractivity contribution in [1.29, 1.82) is 0 Å². The number of fused-ring (bicyclic) bond motifs is 2. The van der Waals surface area contributed by atoms with E-state index in [2.05, 4.69) is 10.6 Å². The Balaban J connectivity index is 1.79. The lowest BCUT2D eigenvalue weighted by Gasteiger charge is -2.30. The number of carboxylic acids is 1. The monoisotopic (exact) mass is 449 g/mol. The van der Waals surface area contributed by atoms with Crippen LogP contribution in [0, 0.1) is 5.92 Å². The summed E-state index contributed by atoms with van der Waals surface area (Å²) in [5.41, 5.74) is -1.99. The van der Waals surface area contributed by atoms with Gasteiger partial charge in [0.25, 0.3) is 0 Å². The quantitative estimate of drug-likeness (QED) is 0.556. The molecule has 1 unspecified atom stereocenters. The fourth-order valence-electron chi connectivity index (χ4n) is 4.52. The molecule has 178 valence electrons. The van der Waals surface area contributed by atoms with Gasteiger partial charge in [0.15, 0.2) is 0 Å². The summed E-state index contributed by atoms with van der Waals surface area (Å²) in [5, 5.41) is 15.2. The van der Waals surface area contributed by atoms with Crippen LogP contribution in [-0.4, -0.2) is 63.7 Å². The number of hydrogen-bond acceptors (Lipinski definition) is 5. The molecule has 1 saturated carbocycles. The third-order valence-corrected chi connectivity index (χ3v) is 6.30. The third kappa shape index (κ3) is 5.61. The Morgan fingerprint density at radius 1 is 1.19 bits per heavy atom. The van der Waals surface area contributed by atoms with Crippen LogP contribution in [0.15, 0.2) is 12.2 Å². The minimum atomic E-state index is -1.29. The van der Waals surface area contributed by atoms with Gasteiger partial charge in [-0.1, -0.05) is 25.0 Å². The van der Waals surface area contributed by atoms with Crippen LogP contribution >= 0.6 is 0 Å². The summed E-state index contributed by atoms with van der Waals surface area (Å²) in [4.78, 5) is 52.2. The zero-order valence-electron chi connectivity index (χ0n) is 19.2. The lowest BCUT2D eigenvalue weighted by atomic mass is 10.0. The van der Waals surface area contributed by atoms with E-state index in [4.69, 9.17) is 4.74 Å². The fourth-order valence-corrected chi connectivity index (χ4v) is 4.52. The molecule has 2 aliphatic heterocycles. The Morgan fingerprint density at radius 3 is 2.62 bits per heavy atom. The van der Waals surface area contributed by atoms with Gasteiger partial charge in [0.2, 0.25) is 11.8 Å². The van der Waals surface area contributed by atoms with Crippen molar-refractivity contribution < 1.29 is 29.0 Å². The Hall–Kier alpha value is -2.58. The van der Waals surface area contributed by atoms with Crippen LogP contribution in [0.5, 0.6) is 0 Å². The molecule has 3 N–H and O–H groups in total. The van der Waals surface area contributed by atoms with E-state index in [-0.39, 0.29) is 11.8 Å². The highest BCUT2D eigenvalue weighted by atomic mass is 16.6. The second kappa shape index (κ2) is 9.50. The lowest BCUT2D eigenvalue weighted by Crippen LogP contribution is -2.56. The molecule has 1 saturated heterocycles. The van der Waals surface area contributed by atoms with Gasteiger partial charge in [-0.15, -0.1) is 0 Å². The minimum Gasteiger partial charge on any atom is -0.479 e. The summed E-state index contributed by atoms with van der Waals surface area (Å²) in [7, 11) is 0. The average molecular weight is 450 g/mol. The van der Waals surface area contributed by atoms with Gasteiger partial charge >= 0.3 is 12.1 Å². The predicted molar refractivity (Wildman–Crippen MR) is 117 cm³/mol. The first-order valence-corrected chi connectivity index (χ1v) is 11.6. The molecule has 0 spiro atoms. The van der Waals surface area contributed by atoms with E-state index in [0.717, 1.165) is 25.7 Å². The van der Waals surface area contributed by atoms with Crippen molar-refractivity contribution in [2.75, 3.05) is 6.54 Å². The van der Waals surface area contributed by atoms with Crippen molar-refractivity contribution in [2.24, 2.45) is 5.92 Å². The Labute approximate surface area is 188 Å². The van der Waals surface area contributed by atoms with Crippen molar-refractivity contribution >= 4 is 23.9 Å². The van der Waals surface area contributed by atoms with Crippen LogP contribution in [0.3, 0.4) is 0 Å². The maximum atomic E-state index is 13.4. The molecule has 9 heteroatoms. The normalized spacial score (nSPS) is 32.5. The summed E-state index contributed by atoms with van der Waals surface area (Å²) in [6, 6.07) is -1.53. The zero-order chi connectivity index (χ0) is 23.5. The maximum Gasteiger partial charge on any atom is 0.408 e. The van der Waals surface area contributed by atoms with Gasteiger partial charge in [0, 0.05) is 12.5 Å². The van der Waals surface area contributed by atoms with E-state index >= 15 is 0 Å². The number of hydrogen-bond donors (Lipinski definition) is 3. The van der Waals surface area contributed by atoms with Crippen molar-refractivity contribution in [3.63, 3.8) is 0 Å². The highest BCUT2D eigenvalue weighted by molar-refractivity contribution is 5.96. The number of nitrogens with one attached hydrogen (secondary N) is 2. The number of aliphatic carboxylic acids is 1. The van der Waals surface area contributed by atoms with Gasteiger partial charge in [-0.25, -0.2) is 9.59 Å². The van der Waals surface area contributed by atoms with Crippen LogP contribution in [0.1, 0.15) is 72.1 Å². The van der Waals surface area contributed by atoms with Crippen LogP contribution in [0.2, 0.25) is 0 Å². The number of nitrogens with zero attached hydrogens (tertiary/aromatic N) is 1. The number of carbonyl (C=O) groups is 4. The second-order valence-corrected chi connectivity index (χ2v) is 10.0. The van der Waals surface area contributed by atoms with Crippen LogP contribution in [0.25, 0.3) is 0 Å². The topological polar surface area (TPSA) is 125 Å². The number of carboxylic acid groups (broad SMARTS) is 1. The van der Waals surface area contributed by atoms with E-state index in [0.29, 0.717) is 32.2 Å². The molecule has 2 heterocycles. The average Bonchev–Trinajstić information content (AvgIpc) is 3.16. The van der Waals surface area contributed by atoms with Gasteiger partial charge in [0.1, 0.15) is 23.2 Å². The van der Waals surface area contributed by atoms with Gasteiger partial charge < -0.3 is 25.4 Å². The molecule has 0 aromatic rings. The molecule has 3 aliphatic rings. The summed E-state index contributed by atoms with van der Waals surface area (Å²) >= 11 is 0. The first-order valence-electron chi connectivity index (χ1n) is 11.6. The number of amides is 3. The van der Waals surface area contributed by atoms with Gasteiger partial charge in [-0.05, 0) is 59.3 Å². The predicted octanol–water partition coefficient (Wildman–Crippen LogP) is 2.35. The molecule has 9 nitrogen and oxygen atoms in total. The molecular formula is C23H35N3O6. The summed E-state index contributed by atoms with van der Waals surface area (Å²) in [5.74, 6) is -2.05. The minimum absolute atomic E-state index is 0.235. The first kappa shape index (κ1) is 24.1. The van der Waals surface area contributed by atoms with Crippen LogP contribution in [0.4, 0.5) is 4.79 Å². The largest absolute Gasteiger partial charge is 0.479 e. The number of carbonyl (C=O) groups excluding carboxylic acids is 3. The molecule has 0 bridgehead atoms. The molecule has 1 aliphatic carbocycles. The van der Waals surface area contributed by atoms with Crippen LogP contribution in [-0.2, 0) is 19.1 Å². The highest BCUT2D eigenvalue weighted by Crippen LogP contribution is 2.45. The summed E-state index contributed by atoms with van der Waals surface area (Å²) < 4.78 is 5.33. The zero-order valence-corrected chi connectivity index (χ0v) is 19.2. The van der Waals surface area contributed by atoms with E-state index in [1.54, 1.807) is 20.8 Å². The Kier molecular flexibility index (Phi) is 7.15. The SMILES string of the molecule is CC(C)(C)OC(=O)NC1CCCCC/C=C\[C@@H]2C[C@@]2(C(=O)O)NC(=O)[C@@H]2CCCN2C1=O. The molecule has 4 atom stereocenters. The summed E-state index contributed by atoms with van der Waals surface area (Å²) in [6.45, 7) is 5.65. The molecular weight excluding hydrogens is 414 g/mol. The lowest BCUT2D eigenvalue weighted by molar-refractivity contribution is -0.145. The number of ether oxygens (including phenoxy) is 1. The van der Waals surface area contributed by atoms with Gasteiger partial charge in [-0.2, -0.15) is 0 Å². The van der Waals surface area contributed by atoms with Crippen molar-refractivity contribution in [2.45, 2.75) is 95.4 Å². The molecule has 0 radical (unpaired) electrons. The van der Waals surface area contributed by atoms with Crippen LogP contribution < -0.4 is 10.6 Å². The first-order chi connectivity index (χ1) is 15.0. The molecule has 2 fully saturated rings. The Morgan fingerprint density at radius 2 is 1.94 bits per heavy atom. The molecule has 32 heavy (non-hydrogen) atoms. The molecule has 0 aromatic heterocycles. The van der Waals surface area contributed by atoms with E-state index < -0.39 is 41.2 Å². The highest BCUT2D eigenvalue weighted by Gasteiger charge is 2.61. The molecule has 3 amide bonds. The van der Waals surface area contributed by atoms with Crippen molar-refractivity contribution in [1.82, 2.24) is 15.5 Å². The van der Waals surface area contributed by atoms with E-state index in [1.807, 2.05) is 12.2 Å². The molecule has 0 aromatic carbocycles. The molecule has 3 rings (SSSR count). The van der Waals surface area contributed by atoms with Gasteiger partial charge in [-0.3, -0.25) is 9.59 Å². The van der Waals surface area contributed by atoms with E-state index in [1.165, 1.54) is 4.90 Å². The fraction of sp³-hybridized carbons (Fsp3) is 0.739. The van der Waals surface area contributed by atoms with Crippen molar-refractivity contribution in [3.05, 3.63) is 12.2 Å². The second-order valence-electron chi connectivity index (χ2n) is 10.0.